The normalized spacial score (nSPS) is 12.6. The summed E-state index contributed by atoms with van der Waals surface area (Å²) in [5.41, 5.74) is 5.36. The summed E-state index contributed by atoms with van der Waals surface area (Å²) in [6.07, 6.45) is 0.997. The molecular weight excluding hydrogens is 281 g/mol. The third-order valence-corrected chi connectivity index (χ3v) is 4.99. The van der Waals surface area contributed by atoms with Crippen molar-refractivity contribution in [2.24, 2.45) is 0 Å². The number of sulfone groups is 2. The number of rotatable bonds is 5. The predicted octanol–water partition coefficient (Wildman–Crippen LogP) is 0.616. The van der Waals surface area contributed by atoms with Crippen molar-refractivity contribution in [1.29, 1.82) is 0 Å². The highest BCUT2D eigenvalue weighted by Crippen LogP contribution is 2.17. The molecule has 1 aromatic carbocycles. The summed E-state index contributed by atoms with van der Waals surface area (Å²) in [5, 5.41) is 0. The molecule has 0 bridgehead atoms. The second-order valence-electron chi connectivity index (χ2n) is 4.02. The fourth-order valence-electron chi connectivity index (χ4n) is 1.39. The van der Waals surface area contributed by atoms with Gasteiger partial charge >= 0.3 is 0 Å². The molecule has 0 fully saturated rings. The summed E-state index contributed by atoms with van der Waals surface area (Å²) in [6.45, 7) is 0. The van der Waals surface area contributed by atoms with Gasteiger partial charge in [-0.2, -0.15) is 0 Å². The Morgan fingerprint density at radius 2 is 1.72 bits per heavy atom. The van der Waals surface area contributed by atoms with Crippen LogP contribution in [-0.4, -0.2) is 34.6 Å². The number of nitrogen functional groups attached to an aromatic ring is 1. The van der Waals surface area contributed by atoms with Crippen LogP contribution in [0.3, 0.4) is 0 Å². The van der Waals surface area contributed by atoms with Crippen LogP contribution in [0.5, 0.6) is 0 Å². The van der Waals surface area contributed by atoms with E-state index >= 15 is 0 Å². The highest BCUT2D eigenvalue weighted by molar-refractivity contribution is 7.92. The number of benzene rings is 1. The molecular formula is C10H14FNO4S2. The lowest BCUT2D eigenvalue weighted by molar-refractivity contribution is 0.588. The van der Waals surface area contributed by atoms with E-state index in [1.807, 2.05) is 0 Å². The first-order chi connectivity index (χ1) is 8.10. The van der Waals surface area contributed by atoms with Crippen LogP contribution in [0, 0.1) is 5.82 Å². The van der Waals surface area contributed by atoms with E-state index < -0.39 is 25.5 Å². The van der Waals surface area contributed by atoms with Crippen LogP contribution >= 0.6 is 0 Å². The lowest BCUT2D eigenvalue weighted by Crippen LogP contribution is -2.12. The smallest absolute Gasteiger partial charge is 0.178 e. The SMILES string of the molecule is CS(=O)(=O)CCCS(=O)(=O)c1cc(N)cc(F)c1. The van der Waals surface area contributed by atoms with E-state index in [1.165, 1.54) is 0 Å². The van der Waals surface area contributed by atoms with Crippen LogP contribution in [-0.2, 0) is 19.7 Å². The van der Waals surface area contributed by atoms with E-state index in [1.54, 1.807) is 0 Å². The molecule has 0 aliphatic carbocycles. The standard InChI is InChI=1S/C10H14FNO4S2/c1-17(13,14)3-2-4-18(15,16)10-6-8(11)5-9(12)7-10/h5-7H,2-4,12H2,1H3. The Morgan fingerprint density at radius 3 is 2.22 bits per heavy atom. The zero-order valence-corrected chi connectivity index (χ0v) is 11.4. The molecule has 0 atom stereocenters. The number of nitrogens with two attached hydrogens (primary N) is 1. The van der Waals surface area contributed by atoms with Crippen LogP contribution in [0.15, 0.2) is 23.1 Å². The fraction of sp³-hybridized carbons (Fsp3) is 0.400. The largest absolute Gasteiger partial charge is 0.399 e. The average molecular weight is 295 g/mol. The first kappa shape index (κ1) is 14.9. The van der Waals surface area contributed by atoms with Gasteiger partial charge in [0.1, 0.15) is 15.7 Å². The molecule has 0 aromatic heterocycles. The molecule has 0 spiro atoms. The van der Waals surface area contributed by atoms with E-state index in [0.717, 1.165) is 24.5 Å². The number of anilines is 1. The minimum Gasteiger partial charge on any atom is -0.399 e. The molecule has 18 heavy (non-hydrogen) atoms. The van der Waals surface area contributed by atoms with Crippen molar-refractivity contribution >= 4 is 25.4 Å². The van der Waals surface area contributed by atoms with Gasteiger partial charge < -0.3 is 5.73 Å². The summed E-state index contributed by atoms with van der Waals surface area (Å²) < 4.78 is 58.4. The molecule has 0 radical (unpaired) electrons. The molecule has 0 aliphatic rings. The first-order valence-corrected chi connectivity index (χ1v) is 8.78. The molecule has 0 saturated carbocycles. The van der Waals surface area contributed by atoms with Gasteiger partial charge in [-0.25, -0.2) is 21.2 Å². The molecule has 0 amide bonds. The lowest BCUT2D eigenvalue weighted by atomic mass is 10.3. The zero-order valence-electron chi connectivity index (χ0n) is 9.76. The van der Waals surface area contributed by atoms with Crippen molar-refractivity contribution in [3.63, 3.8) is 0 Å². The summed E-state index contributed by atoms with van der Waals surface area (Å²) >= 11 is 0. The van der Waals surface area contributed by atoms with Gasteiger partial charge in [-0.05, 0) is 24.6 Å². The maximum Gasteiger partial charge on any atom is 0.178 e. The topological polar surface area (TPSA) is 94.3 Å². The lowest BCUT2D eigenvalue weighted by Gasteiger charge is -2.05. The third kappa shape index (κ3) is 4.61. The van der Waals surface area contributed by atoms with E-state index in [9.17, 15) is 21.2 Å². The zero-order chi connectivity index (χ0) is 14.0. The Labute approximate surface area is 106 Å². The Bertz CT molecular complexity index is 618. The fourth-order valence-corrected chi connectivity index (χ4v) is 3.61. The van der Waals surface area contributed by atoms with Crippen LogP contribution < -0.4 is 5.73 Å². The molecule has 0 saturated heterocycles. The number of halogens is 1. The van der Waals surface area contributed by atoms with Crippen LogP contribution in [0.25, 0.3) is 0 Å². The average Bonchev–Trinajstić information content (AvgIpc) is 2.13. The van der Waals surface area contributed by atoms with E-state index in [-0.39, 0.29) is 28.5 Å². The molecule has 5 nitrogen and oxygen atoms in total. The van der Waals surface area contributed by atoms with Crippen molar-refractivity contribution in [2.75, 3.05) is 23.5 Å². The summed E-state index contributed by atoms with van der Waals surface area (Å²) in [4.78, 5) is -0.228. The number of hydrogen-bond donors (Lipinski definition) is 1. The molecule has 2 N–H and O–H groups in total. The van der Waals surface area contributed by atoms with Crippen molar-refractivity contribution < 1.29 is 21.2 Å². The molecule has 0 heterocycles. The van der Waals surface area contributed by atoms with Gasteiger partial charge in [-0.15, -0.1) is 0 Å². The molecule has 1 aromatic rings. The highest BCUT2D eigenvalue weighted by atomic mass is 32.2. The minimum atomic E-state index is -3.71. The second-order valence-corrected chi connectivity index (χ2v) is 8.39. The van der Waals surface area contributed by atoms with Gasteiger partial charge in [-0.1, -0.05) is 0 Å². The van der Waals surface area contributed by atoms with Crippen LogP contribution in [0.1, 0.15) is 6.42 Å². The summed E-state index contributed by atoms with van der Waals surface area (Å²) in [6, 6.07) is 3.03. The van der Waals surface area contributed by atoms with Gasteiger partial charge in [0, 0.05) is 11.9 Å². The van der Waals surface area contributed by atoms with Crippen molar-refractivity contribution in [2.45, 2.75) is 11.3 Å². The molecule has 8 heteroatoms. The van der Waals surface area contributed by atoms with Crippen LogP contribution in [0.4, 0.5) is 10.1 Å². The van der Waals surface area contributed by atoms with Crippen LogP contribution in [0.2, 0.25) is 0 Å². The van der Waals surface area contributed by atoms with E-state index in [0.29, 0.717) is 0 Å². The van der Waals surface area contributed by atoms with Gasteiger partial charge in [0.2, 0.25) is 0 Å². The molecule has 0 aliphatic heterocycles. The molecule has 102 valence electrons. The maximum absolute atomic E-state index is 13.0. The summed E-state index contributed by atoms with van der Waals surface area (Å²) in [7, 11) is -6.92. The van der Waals surface area contributed by atoms with Gasteiger partial charge in [0.15, 0.2) is 9.84 Å². The Kier molecular flexibility index (Phi) is 4.33. The molecule has 1 rings (SSSR count). The van der Waals surface area contributed by atoms with E-state index in [4.69, 9.17) is 5.73 Å². The highest BCUT2D eigenvalue weighted by Gasteiger charge is 2.17. The Hall–Kier alpha value is -1.15. The minimum absolute atomic E-state index is 0.0108. The predicted molar refractivity (Wildman–Crippen MR) is 67.2 cm³/mol. The van der Waals surface area contributed by atoms with Gasteiger partial charge in [0.25, 0.3) is 0 Å². The van der Waals surface area contributed by atoms with E-state index in [2.05, 4.69) is 0 Å². The van der Waals surface area contributed by atoms with Crippen molar-refractivity contribution in [3.8, 4) is 0 Å². The Balaban J connectivity index is 2.87. The second kappa shape index (κ2) is 5.23. The Morgan fingerprint density at radius 1 is 1.11 bits per heavy atom. The molecule has 0 unspecified atom stereocenters. The van der Waals surface area contributed by atoms with Gasteiger partial charge in [0.05, 0.1) is 16.4 Å². The summed E-state index contributed by atoms with van der Waals surface area (Å²) in [5.74, 6) is -1.32. The first-order valence-electron chi connectivity index (χ1n) is 5.07. The third-order valence-electron chi connectivity index (χ3n) is 2.18. The quantitative estimate of drug-likeness (QED) is 0.803. The maximum atomic E-state index is 13.0. The van der Waals surface area contributed by atoms with Crippen molar-refractivity contribution in [3.05, 3.63) is 24.0 Å². The monoisotopic (exact) mass is 295 g/mol. The van der Waals surface area contributed by atoms with Crippen molar-refractivity contribution in [1.82, 2.24) is 0 Å². The number of hydrogen-bond acceptors (Lipinski definition) is 5. The van der Waals surface area contributed by atoms with Gasteiger partial charge in [-0.3, -0.25) is 0 Å².